The van der Waals surface area contributed by atoms with Crippen molar-refractivity contribution in [3.63, 3.8) is 0 Å². The van der Waals surface area contributed by atoms with Crippen LogP contribution in [0.5, 0.6) is 0 Å². The molecule has 0 spiro atoms. The number of nitrogens with zero attached hydrogens (tertiary/aromatic N) is 2. The first-order valence-electron chi connectivity index (χ1n) is 9.65. The molecule has 1 aromatic carbocycles. The van der Waals surface area contributed by atoms with E-state index in [1.807, 2.05) is 25.7 Å². The molecule has 3 rings (SSSR count). The van der Waals surface area contributed by atoms with E-state index >= 15 is 0 Å². The van der Waals surface area contributed by atoms with Crippen molar-refractivity contribution in [2.24, 2.45) is 0 Å². The molecule has 1 aromatic heterocycles. The van der Waals surface area contributed by atoms with Gasteiger partial charge in [0.2, 0.25) is 10.0 Å². The minimum atomic E-state index is -3.55. The fourth-order valence-corrected chi connectivity index (χ4v) is 5.29. The van der Waals surface area contributed by atoms with E-state index in [-0.39, 0.29) is 16.8 Å². The summed E-state index contributed by atoms with van der Waals surface area (Å²) in [5.74, 6) is 0.209. The van der Waals surface area contributed by atoms with Crippen molar-refractivity contribution >= 4 is 26.9 Å². The van der Waals surface area contributed by atoms with E-state index in [1.54, 1.807) is 18.2 Å². The van der Waals surface area contributed by atoms with Gasteiger partial charge in [0.25, 0.3) is 5.91 Å². The zero-order valence-electron chi connectivity index (χ0n) is 16.5. The summed E-state index contributed by atoms with van der Waals surface area (Å²) in [6.45, 7) is 9.08. The number of sulfonamides is 1. The Bertz CT molecular complexity index is 944. The summed E-state index contributed by atoms with van der Waals surface area (Å²) in [5.41, 5.74) is 1.24. The first-order chi connectivity index (χ1) is 12.8. The van der Waals surface area contributed by atoms with Gasteiger partial charge in [0, 0.05) is 36.6 Å². The molecule has 1 unspecified atom stereocenters. The van der Waals surface area contributed by atoms with Gasteiger partial charge in [0.05, 0.1) is 4.90 Å². The molecular weight excluding hydrogens is 364 g/mol. The summed E-state index contributed by atoms with van der Waals surface area (Å²) in [4.78, 5) is 15.1. The molecule has 6 nitrogen and oxygen atoms in total. The van der Waals surface area contributed by atoms with Crippen LogP contribution in [0, 0.1) is 6.92 Å². The van der Waals surface area contributed by atoms with Crippen LogP contribution in [0.4, 0.5) is 0 Å². The van der Waals surface area contributed by atoms with Crippen molar-refractivity contribution < 1.29 is 17.6 Å². The molecular formula is C20H28N2O4S. The van der Waals surface area contributed by atoms with Gasteiger partial charge in [-0.2, -0.15) is 4.31 Å². The molecule has 0 N–H and O–H groups in total. The van der Waals surface area contributed by atoms with Crippen molar-refractivity contribution in [3.05, 3.63) is 29.5 Å². The number of rotatable bonds is 5. The number of fused-ring (bicyclic) bond motifs is 1. The Labute approximate surface area is 161 Å². The second-order valence-corrected chi connectivity index (χ2v) is 9.08. The smallest absolute Gasteiger partial charge is 0.290 e. The summed E-state index contributed by atoms with van der Waals surface area (Å²) >= 11 is 0. The first-order valence-corrected chi connectivity index (χ1v) is 11.1. The van der Waals surface area contributed by atoms with Crippen LogP contribution in [0.3, 0.4) is 0 Å². The molecule has 1 saturated heterocycles. The highest BCUT2D eigenvalue weighted by Gasteiger charge is 2.29. The third-order valence-electron chi connectivity index (χ3n) is 5.51. The molecule has 0 bridgehead atoms. The fraction of sp³-hybridized carbons (Fsp3) is 0.550. The van der Waals surface area contributed by atoms with Crippen LogP contribution < -0.4 is 0 Å². The van der Waals surface area contributed by atoms with Gasteiger partial charge in [-0.15, -0.1) is 0 Å². The molecule has 0 radical (unpaired) electrons. The average molecular weight is 393 g/mol. The maximum absolute atomic E-state index is 13.0. The number of piperidine rings is 1. The topological polar surface area (TPSA) is 70.8 Å². The fourth-order valence-electron chi connectivity index (χ4n) is 3.81. The molecule has 27 heavy (non-hydrogen) atoms. The predicted octanol–water partition coefficient (Wildman–Crippen LogP) is 3.79. The lowest BCUT2D eigenvalue weighted by atomic mass is 10.0. The van der Waals surface area contributed by atoms with E-state index in [0.717, 1.165) is 25.8 Å². The van der Waals surface area contributed by atoms with Crippen LogP contribution in [0.1, 0.15) is 56.2 Å². The quantitative estimate of drug-likeness (QED) is 0.776. The SMILES string of the molecule is CCN(CC)S(=O)(=O)c1ccc2oc(C(=O)N3CCCCC3C)c(C)c2c1. The van der Waals surface area contributed by atoms with Crippen LogP contribution in [-0.4, -0.2) is 49.2 Å². The van der Waals surface area contributed by atoms with Gasteiger partial charge in [-0.05, 0) is 51.3 Å². The summed E-state index contributed by atoms with van der Waals surface area (Å²) < 4.78 is 32.9. The summed E-state index contributed by atoms with van der Waals surface area (Å²) in [5, 5.41) is 0.677. The van der Waals surface area contributed by atoms with Crippen molar-refractivity contribution in [3.8, 4) is 0 Å². The molecule has 2 heterocycles. The number of carbonyl (C=O) groups is 1. The predicted molar refractivity (Wildman–Crippen MR) is 105 cm³/mol. The Hall–Kier alpha value is -1.86. The first kappa shape index (κ1) is 19.9. The van der Waals surface area contributed by atoms with E-state index in [0.29, 0.717) is 35.4 Å². The van der Waals surface area contributed by atoms with Crippen molar-refractivity contribution in [1.82, 2.24) is 9.21 Å². The number of hydrogen-bond acceptors (Lipinski definition) is 4. The van der Waals surface area contributed by atoms with Gasteiger partial charge in [-0.25, -0.2) is 8.42 Å². The van der Waals surface area contributed by atoms with E-state index in [2.05, 4.69) is 6.92 Å². The monoisotopic (exact) mass is 392 g/mol. The number of furan rings is 1. The van der Waals surface area contributed by atoms with Crippen LogP contribution in [0.25, 0.3) is 11.0 Å². The third kappa shape index (κ3) is 3.50. The molecule has 0 saturated carbocycles. The number of benzene rings is 1. The number of likely N-dealkylation sites (tertiary alicyclic amines) is 1. The van der Waals surface area contributed by atoms with Gasteiger partial charge in [0.15, 0.2) is 5.76 Å². The number of amides is 1. The molecule has 2 aromatic rings. The Kier molecular flexibility index (Phi) is 5.63. The number of carbonyl (C=O) groups excluding carboxylic acids is 1. The van der Waals surface area contributed by atoms with Gasteiger partial charge < -0.3 is 9.32 Å². The van der Waals surface area contributed by atoms with Crippen LogP contribution in [0.15, 0.2) is 27.5 Å². The Morgan fingerprint density at radius 3 is 2.59 bits per heavy atom. The normalized spacial score (nSPS) is 18.4. The molecule has 1 aliphatic rings. The largest absolute Gasteiger partial charge is 0.451 e. The van der Waals surface area contributed by atoms with Crippen molar-refractivity contribution in [2.45, 2.75) is 57.9 Å². The minimum Gasteiger partial charge on any atom is -0.451 e. The Morgan fingerprint density at radius 2 is 1.96 bits per heavy atom. The van der Waals surface area contributed by atoms with E-state index in [4.69, 9.17) is 4.42 Å². The van der Waals surface area contributed by atoms with Crippen LogP contribution in [0.2, 0.25) is 0 Å². The highest BCUT2D eigenvalue weighted by Crippen LogP contribution is 2.30. The van der Waals surface area contributed by atoms with Crippen LogP contribution >= 0.6 is 0 Å². The molecule has 1 aliphatic heterocycles. The molecule has 1 atom stereocenters. The highest BCUT2D eigenvalue weighted by atomic mass is 32.2. The lowest BCUT2D eigenvalue weighted by Gasteiger charge is -2.32. The standard InChI is InChI=1S/C20H28N2O4S/c1-5-21(6-2)27(24,25)16-10-11-18-17(13-16)15(4)19(26-18)20(23)22-12-8-7-9-14(22)3/h10-11,13-14H,5-9,12H2,1-4H3. The van der Waals surface area contributed by atoms with E-state index < -0.39 is 10.0 Å². The molecule has 7 heteroatoms. The van der Waals surface area contributed by atoms with E-state index in [9.17, 15) is 13.2 Å². The summed E-state index contributed by atoms with van der Waals surface area (Å²) in [6, 6.07) is 5.02. The van der Waals surface area contributed by atoms with Gasteiger partial charge in [-0.1, -0.05) is 13.8 Å². The third-order valence-corrected chi connectivity index (χ3v) is 7.55. The lowest BCUT2D eigenvalue weighted by molar-refractivity contribution is 0.0604. The summed E-state index contributed by atoms with van der Waals surface area (Å²) in [7, 11) is -3.55. The number of aryl methyl sites for hydroxylation is 1. The van der Waals surface area contributed by atoms with Crippen molar-refractivity contribution in [1.29, 1.82) is 0 Å². The number of hydrogen-bond donors (Lipinski definition) is 0. The van der Waals surface area contributed by atoms with Gasteiger partial charge >= 0.3 is 0 Å². The Morgan fingerprint density at radius 1 is 1.26 bits per heavy atom. The van der Waals surface area contributed by atoms with E-state index in [1.165, 1.54) is 4.31 Å². The summed E-state index contributed by atoms with van der Waals surface area (Å²) in [6.07, 6.45) is 3.13. The maximum Gasteiger partial charge on any atom is 0.290 e. The zero-order chi connectivity index (χ0) is 19.8. The van der Waals surface area contributed by atoms with Gasteiger partial charge in [-0.3, -0.25) is 4.79 Å². The van der Waals surface area contributed by atoms with Gasteiger partial charge in [0.1, 0.15) is 5.58 Å². The molecule has 1 amide bonds. The molecule has 0 aliphatic carbocycles. The molecule has 148 valence electrons. The average Bonchev–Trinajstić information content (AvgIpc) is 2.98. The van der Waals surface area contributed by atoms with Crippen LogP contribution in [-0.2, 0) is 10.0 Å². The Balaban J connectivity index is 2.02. The lowest BCUT2D eigenvalue weighted by Crippen LogP contribution is -2.42. The molecule has 1 fully saturated rings. The minimum absolute atomic E-state index is 0.107. The second kappa shape index (κ2) is 7.64. The maximum atomic E-state index is 13.0. The zero-order valence-corrected chi connectivity index (χ0v) is 17.3. The highest BCUT2D eigenvalue weighted by molar-refractivity contribution is 7.89. The van der Waals surface area contributed by atoms with Crippen molar-refractivity contribution in [2.75, 3.05) is 19.6 Å². The second-order valence-electron chi connectivity index (χ2n) is 7.15.